The summed E-state index contributed by atoms with van der Waals surface area (Å²) in [5.74, 6) is 1.66. The average molecular weight is 374 g/mol. The Balaban J connectivity index is 1.43. The Morgan fingerprint density at radius 2 is 2.04 bits per heavy atom. The molecule has 1 amide bonds. The molecule has 0 spiro atoms. The van der Waals surface area contributed by atoms with Crippen LogP contribution in [0.2, 0.25) is 0 Å². The monoisotopic (exact) mass is 373 g/mol. The molecular weight excluding hydrogens is 354 g/mol. The van der Waals surface area contributed by atoms with Crippen molar-refractivity contribution in [3.8, 4) is 0 Å². The number of rotatable bonds is 2. The van der Waals surface area contributed by atoms with Crippen molar-refractivity contribution in [1.82, 2.24) is 10.2 Å². The van der Waals surface area contributed by atoms with Crippen molar-refractivity contribution in [2.24, 2.45) is 17.3 Å². The minimum Gasteiger partial charge on any atom is -0.326 e. The van der Waals surface area contributed by atoms with Gasteiger partial charge in [-0.1, -0.05) is 15.9 Å². The number of nitrogens with zero attached hydrogens (tertiary/aromatic N) is 1. The SMILES string of the molecule is O=C(Nc1ccc2[nH]ncc2c1)C12CC3CC(CC(Br)(C3)C1)C2. The van der Waals surface area contributed by atoms with Crippen molar-refractivity contribution in [2.45, 2.75) is 42.8 Å². The van der Waals surface area contributed by atoms with Crippen LogP contribution in [0.4, 0.5) is 5.69 Å². The van der Waals surface area contributed by atoms with E-state index in [1.54, 1.807) is 6.20 Å². The maximum atomic E-state index is 13.1. The standard InChI is InChI=1S/C18H20BrN3O/c19-18-7-11-3-12(8-18)6-17(5-11,10-18)16(23)21-14-1-2-15-13(4-14)9-20-22-15/h1-2,4,9,11-12H,3,5-8,10H2,(H,20,22)(H,21,23). The van der Waals surface area contributed by atoms with E-state index in [0.717, 1.165) is 47.7 Å². The molecule has 0 saturated heterocycles. The molecule has 0 aliphatic heterocycles. The zero-order valence-electron chi connectivity index (χ0n) is 12.9. The molecule has 4 saturated carbocycles. The predicted octanol–water partition coefficient (Wildman–Crippen LogP) is 4.24. The van der Waals surface area contributed by atoms with Gasteiger partial charge in [-0.2, -0.15) is 5.10 Å². The summed E-state index contributed by atoms with van der Waals surface area (Å²) in [5.41, 5.74) is 1.71. The van der Waals surface area contributed by atoms with Gasteiger partial charge in [0, 0.05) is 15.4 Å². The first-order valence-corrected chi connectivity index (χ1v) is 9.27. The highest BCUT2D eigenvalue weighted by Crippen LogP contribution is 2.64. The summed E-state index contributed by atoms with van der Waals surface area (Å²) >= 11 is 3.98. The molecule has 2 atom stereocenters. The van der Waals surface area contributed by atoms with Crippen LogP contribution in [0.5, 0.6) is 0 Å². The normalized spacial score (nSPS) is 38.1. The topological polar surface area (TPSA) is 57.8 Å². The Morgan fingerprint density at radius 3 is 2.78 bits per heavy atom. The molecule has 1 aromatic heterocycles. The highest BCUT2D eigenvalue weighted by atomic mass is 79.9. The number of aromatic nitrogens is 2. The average Bonchev–Trinajstić information content (AvgIpc) is 2.92. The third-order valence-electron chi connectivity index (χ3n) is 6.17. The van der Waals surface area contributed by atoms with Gasteiger partial charge in [-0.05, 0) is 68.6 Å². The Hall–Kier alpha value is -1.36. The molecule has 1 aromatic carbocycles. The van der Waals surface area contributed by atoms with E-state index in [1.807, 2.05) is 18.2 Å². The van der Waals surface area contributed by atoms with Crippen LogP contribution >= 0.6 is 15.9 Å². The fourth-order valence-corrected chi connectivity index (χ4v) is 7.15. The summed E-state index contributed by atoms with van der Waals surface area (Å²) in [6.45, 7) is 0. The lowest BCUT2D eigenvalue weighted by atomic mass is 9.49. The van der Waals surface area contributed by atoms with E-state index in [4.69, 9.17) is 0 Å². The maximum Gasteiger partial charge on any atom is 0.230 e. The number of alkyl halides is 1. The molecule has 2 aromatic rings. The fraction of sp³-hybridized carbons (Fsp3) is 0.556. The first-order chi connectivity index (χ1) is 11.0. The minimum absolute atomic E-state index is 0.168. The van der Waals surface area contributed by atoms with Gasteiger partial charge < -0.3 is 5.32 Å². The lowest BCUT2D eigenvalue weighted by Crippen LogP contribution is -2.57. The van der Waals surface area contributed by atoms with E-state index in [-0.39, 0.29) is 15.6 Å². The number of hydrogen-bond donors (Lipinski definition) is 2. The van der Waals surface area contributed by atoms with Crippen LogP contribution in [0.1, 0.15) is 38.5 Å². The van der Waals surface area contributed by atoms with Crippen molar-refractivity contribution in [3.63, 3.8) is 0 Å². The molecule has 1 heterocycles. The van der Waals surface area contributed by atoms with Crippen LogP contribution in [-0.4, -0.2) is 20.4 Å². The minimum atomic E-state index is -0.168. The molecular formula is C18H20BrN3O. The molecule has 0 radical (unpaired) electrons. The van der Waals surface area contributed by atoms with Gasteiger partial charge in [-0.15, -0.1) is 0 Å². The number of aromatic amines is 1. The highest BCUT2D eigenvalue weighted by Gasteiger charge is 2.59. The number of carbonyl (C=O) groups excluding carboxylic acids is 1. The second-order valence-corrected chi connectivity index (χ2v) is 9.70. The first-order valence-electron chi connectivity index (χ1n) is 8.47. The van der Waals surface area contributed by atoms with E-state index >= 15 is 0 Å². The predicted molar refractivity (Wildman–Crippen MR) is 93.5 cm³/mol. The Kier molecular flexibility index (Phi) is 2.80. The van der Waals surface area contributed by atoms with Crippen LogP contribution in [0.25, 0.3) is 10.9 Å². The van der Waals surface area contributed by atoms with Crippen LogP contribution in [0.3, 0.4) is 0 Å². The third-order valence-corrected chi connectivity index (χ3v) is 7.10. The van der Waals surface area contributed by atoms with Crippen LogP contribution in [-0.2, 0) is 4.79 Å². The van der Waals surface area contributed by atoms with E-state index in [2.05, 4.69) is 31.4 Å². The molecule has 2 unspecified atom stereocenters. The number of anilines is 1. The quantitative estimate of drug-likeness (QED) is 0.773. The molecule has 4 nitrogen and oxygen atoms in total. The number of nitrogens with one attached hydrogen (secondary N) is 2. The summed E-state index contributed by atoms with van der Waals surface area (Å²) in [6.07, 6.45) is 8.74. The Bertz CT molecular complexity index is 784. The second-order valence-electron chi connectivity index (χ2n) is 8.02. The van der Waals surface area contributed by atoms with Gasteiger partial charge in [0.25, 0.3) is 0 Å². The van der Waals surface area contributed by atoms with Crippen LogP contribution in [0.15, 0.2) is 24.4 Å². The summed E-state index contributed by atoms with van der Waals surface area (Å²) in [7, 11) is 0. The molecule has 4 bridgehead atoms. The van der Waals surface area contributed by atoms with Crippen molar-refractivity contribution in [3.05, 3.63) is 24.4 Å². The summed E-state index contributed by atoms with van der Waals surface area (Å²) in [4.78, 5) is 13.1. The largest absolute Gasteiger partial charge is 0.326 e. The summed E-state index contributed by atoms with van der Waals surface area (Å²) in [6, 6.07) is 5.94. The molecule has 6 rings (SSSR count). The highest BCUT2D eigenvalue weighted by molar-refractivity contribution is 9.10. The lowest BCUT2D eigenvalue weighted by molar-refractivity contribution is -0.138. The molecule has 2 N–H and O–H groups in total. The van der Waals surface area contributed by atoms with Crippen LogP contribution in [0, 0.1) is 17.3 Å². The number of benzene rings is 1. The number of fused-ring (bicyclic) bond motifs is 1. The number of carbonyl (C=O) groups is 1. The zero-order valence-corrected chi connectivity index (χ0v) is 14.5. The number of H-pyrrole nitrogens is 1. The molecule has 5 heteroatoms. The lowest BCUT2D eigenvalue weighted by Gasteiger charge is -2.59. The van der Waals surface area contributed by atoms with Gasteiger partial charge in [0.15, 0.2) is 0 Å². The van der Waals surface area contributed by atoms with Gasteiger partial charge in [0.05, 0.1) is 17.1 Å². The van der Waals surface area contributed by atoms with Gasteiger partial charge in [-0.3, -0.25) is 9.89 Å². The summed E-state index contributed by atoms with van der Waals surface area (Å²) in [5, 5.41) is 11.2. The Labute approximate surface area is 143 Å². The number of halogens is 1. The van der Waals surface area contributed by atoms with Crippen molar-refractivity contribution in [2.75, 3.05) is 5.32 Å². The molecule has 4 aliphatic carbocycles. The third kappa shape index (κ3) is 2.16. The van der Waals surface area contributed by atoms with E-state index in [0.29, 0.717) is 0 Å². The molecule has 120 valence electrons. The molecule has 23 heavy (non-hydrogen) atoms. The zero-order chi connectivity index (χ0) is 15.7. The molecule has 4 aliphatic rings. The van der Waals surface area contributed by atoms with Gasteiger partial charge in [0.1, 0.15) is 0 Å². The van der Waals surface area contributed by atoms with Crippen molar-refractivity contribution >= 4 is 38.4 Å². The first kappa shape index (κ1) is 14.0. The van der Waals surface area contributed by atoms with Crippen molar-refractivity contribution in [1.29, 1.82) is 0 Å². The van der Waals surface area contributed by atoms with E-state index in [1.165, 1.54) is 19.3 Å². The van der Waals surface area contributed by atoms with E-state index in [9.17, 15) is 4.79 Å². The number of hydrogen-bond acceptors (Lipinski definition) is 2. The maximum absolute atomic E-state index is 13.1. The van der Waals surface area contributed by atoms with Crippen LogP contribution < -0.4 is 5.32 Å². The Morgan fingerprint density at radius 1 is 1.26 bits per heavy atom. The second kappa shape index (κ2) is 4.59. The van der Waals surface area contributed by atoms with Gasteiger partial charge in [-0.25, -0.2) is 0 Å². The van der Waals surface area contributed by atoms with E-state index < -0.39 is 0 Å². The van der Waals surface area contributed by atoms with Crippen molar-refractivity contribution < 1.29 is 4.79 Å². The van der Waals surface area contributed by atoms with Gasteiger partial charge >= 0.3 is 0 Å². The smallest absolute Gasteiger partial charge is 0.230 e. The fourth-order valence-electron chi connectivity index (χ4n) is 5.70. The van der Waals surface area contributed by atoms with Gasteiger partial charge in [0.2, 0.25) is 5.91 Å². The molecule has 4 fully saturated rings. The summed E-state index contributed by atoms with van der Waals surface area (Å²) < 4.78 is 0.211. The number of amides is 1.